The van der Waals surface area contributed by atoms with E-state index in [-0.39, 0.29) is 28.4 Å². The first-order valence-corrected chi connectivity index (χ1v) is 25.4. The van der Waals surface area contributed by atoms with Crippen molar-refractivity contribution in [2.45, 2.75) is 174 Å². The number of aryl methyl sites for hydroxylation is 1. The number of fused-ring (bicyclic) bond motifs is 1. The predicted octanol–water partition coefficient (Wildman–Crippen LogP) is 11.1. The van der Waals surface area contributed by atoms with Crippen molar-refractivity contribution >= 4 is 26.8 Å². The molecule has 2 aliphatic rings. The number of hydrogen-bond acceptors (Lipinski definition) is 5. The number of hydrogen-bond donors (Lipinski definition) is 0. The molecule has 8 heteroatoms. The molecule has 0 heterocycles. The molecule has 2 fully saturated rings. The molecule has 1 unspecified atom stereocenters. The molecule has 266 valence electrons. The zero-order valence-corrected chi connectivity index (χ0v) is 34.4. The van der Waals surface area contributed by atoms with Gasteiger partial charge in [0.1, 0.15) is 0 Å². The normalized spacial score (nSPS) is 25.8. The maximum atomic E-state index is 13.4. The van der Waals surface area contributed by atoms with Crippen molar-refractivity contribution in [3.05, 3.63) is 29.8 Å². The summed E-state index contributed by atoms with van der Waals surface area (Å²) in [7, 11) is -7.32. The van der Waals surface area contributed by atoms with E-state index >= 15 is 0 Å². The van der Waals surface area contributed by atoms with Crippen LogP contribution in [0, 0.1) is 36.0 Å². The fourth-order valence-corrected chi connectivity index (χ4v) is 16.5. The second kappa shape index (κ2) is 16.5. The zero-order chi connectivity index (χ0) is 34.4. The van der Waals surface area contributed by atoms with Crippen LogP contribution in [-0.2, 0) is 23.2 Å². The smallest absolute Gasteiger partial charge is 0.296 e. The highest BCUT2D eigenvalue weighted by Crippen LogP contribution is 2.60. The van der Waals surface area contributed by atoms with Gasteiger partial charge in [-0.1, -0.05) is 79.5 Å². The van der Waals surface area contributed by atoms with E-state index in [1.54, 1.807) is 12.1 Å². The first-order chi connectivity index (χ1) is 21.6. The summed E-state index contributed by atoms with van der Waals surface area (Å²) in [5, 5.41) is 0. The Morgan fingerprint density at radius 3 is 2.00 bits per heavy atom. The summed E-state index contributed by atoms with van der Waals surface area (Å²) in [4.78, 5) is 0.244. The average Bonchev–Trinajstić information content (AvgIpc) is 3.40. The van der Waals surface area contributed by atoms with Crippen molar-refractivity contribution in [2.24, 2.45) is 29.1 Å². The Kier molecular flexibility index (Phi) is 14.3. The number of rotatable bonds is 19. The van der Waals surface area contributed by atoms with Crippen LogP contribution in [0.1, 0.15) is 120 Å². The second-order valence-electron chi connectivity index (χ2n) is 15.9. The van der Waals surface area contributed by atoms with Crippen LogP contribution in [0.15, 0.2) is 29.2 Å². The molecule has 6 atom stereocenters. The molecule has 1 aromatic carbocycles. The molecular formula is C38H70O5SSi2. The maximum Gasteiger partial charge on any atom is 0.296 e. The van der Waals surface area contributed by atoms with Gasteiger partial charge in [0.2, 0.25) is 0 Å². The quantitative estimate of drug-likeness (QED) is 0.107. The van der Waals surface area contributed by atoms with Crippen LogP contribution >= 0.6 is 0 Å². The van der Waals surface area contributed by atoms with Crippen LogP contribution in [0.25, 0.3) is 0 Å². The largest absolute Gasteiger partial charge is 0.414 e. The molecule has 46 heavy (non-hydrogen) atoms. The van der Waals surface area contributed by atoms with Crippen molar-refractivity contribution in [1.29, 1.82) is 0 Å². The fourth-order valence-electron chi connectivity index (χ4n) is 9.40. The molecule has 0 aromatic heterocycles. The Bertz CT molecular complexity index is 1160. The zero-order valence-electron chi connectivity index (χ0n) is 31.5. The third kappa shape index (κ3) is 9.18. The van der Waals surface area contributed by atoms with E-state index in [1.807, 2.05) is 19.1 Å². The van der Waals surface area contributed by atoms with E-state index in [1.165, 1.54) is 50.2 Å². The van der Waals surface area contributed by atoms with E-state index in [4.69, 9.17) is 13.0 Å². The Labute approximate surface area is 286 Å². The van der Waals surface area contributed by atoms with Crippen LogP contribution in [0.3, 0.4) is 0 Å². The molecule has 0 saturated heterocycles. The molecule has 2 aliphatic carbocycles. The van der Waals surface area contributed by atoms with Gasteiger partial charge in [0.15, 0.2) is 16.6 Å². The Morgan fingerprint density at radius 2 is 1.46 bits per heavy atom. The fraction of sp³-hybridized carbons (Fsp3) is 0.842. The summed E-state index contributed by atoms with van der Waals surface area (Å²) < 4.78 is 47.0. The van der Waals surface area contributed by atoms with Gasteiger partial charge in [-0.25, -0.2) is 0 Å². The van der Waals surface area contributed by atoms with Crippen molar-refractivity contribution in [2.75, 3.05) is 6.61 Å². The van der Waals surface area contributed by atoms with E-state index in [9.17, 15) is 8.42 Å². The van der Waals surface area contributed by atoms with Gasteiger partial charge in [-0.05, 0) is 137 Å². The molecule has 5 nitrogen and oxygen atoms in total. The SMILES string of the molecule is CC[Si](CC)(CC)O[C@H]1CCC[C@]2(C)[C@@H]([C@@H](C)C(CCC(C)(C)O[Si](CC)(CC)CC)COS(=O)(=O)c3ccc(C)cc3)CC[C@@H]12. The topological polar surface area (TPSA) is 61.8 Å². The Balaban J connectivity index is 1.86. The lowest BCUT2D eigenvalue weighted by Gasteiger charge is -2.49. The summed E-state index contributed by atoms with van der Waals surface area (Å²) in [5.41, 5.74) is 1.00. The Hall–Kier alpha value is -0.516. The van der Waals surface area contributed by atoms with Gasteiger partial charge in [-0.2, -0.15) is 8.42 Å². The van der Waals surface area contributed by atoms with Gasteiger partial charge >= 0.3 is 0 Å². The molecule has 0 N–H and O–H groups in total. The van der Waals surface area contributed by atoms with Gasteiger partial charge in [0.05, 0.1) is 17.1 Å². The lowest BCUT2D eigenvalue weighted by Crippen LogP contribution is -2.49. The molecule has 1 aromatic rings. The van der Waals surface area contributed by atoms with Crippen LogP contribution in [0.5, 0.6) is 0 Å². The maximum absolute atomic E-state index is 13.4. The molecule has 0 radical (unpaired) electrons. The van der Waals surface area contributed by atoms with Crippen LogP contribution in [0.2, 0.25) is 36.3 Å². The molecule has 3 rings (SSSR count). The van der Waals surface area contributed by atoms with Crippen molar-refractivity contribution < 1.29 is 21.5 Å². The summed E-state index contributed by atoms with van der Waals surface area (Å²) in [6.07, 6.45) is 8.26. The van der Waals surface area contributed by atoms with Gasteiger partial charge in [-0.3, -0.25) is 4.18 Å². The standard InChI is InChI=1S/C38H70O5SSi2/c1-12-45(13-2,14-3)42-36-19-18-27-38(11)34(24-25-35(36)38)31(8)32(26-28-37(9,10)43-46(15-4,16-5)17-6)29-41-44(39,40)33-22-20-30(7)21-23-33/h20-23,31-32,34-36H,12-19,24-29H2,1-11H3/t31-,32?,34+,35-,36-,38+/m0/s1. The summed E-state index contributed by atoms with van der Waals surface area (Å²) in [6, 6.07) is 14.0. The van der Waals surface area contributed by atoms with E-state index in [0.29, 0.717) is 23.9 Å². The summed E-state index contributed by atoms with van der Waals surface area (Å²) in [5.74, 6) is 1.59. The van der Waals surface area contributed by atoms with Crippen molar-refractivity contribution in [3.63, 3.8) is 0 Å². The first-order valence-electron chi connectivity index (χ1n) is 18.9. The Morgan fingerprint density at radius 1 is 0.891 bits per heavy atom. The van der Waals surface area contributed by atoms with E-state index in [0.717, 1.165) is 36.5 Å². The second-order valence-corrected chi connectivity index (χ2v) is 26.9. The molecular weight excluding hydrogens is 625 g/mol. The lowest BCUT2D eigenvalue weighted by molar-refractivity contribution is -0.0308. The minimum Gasteiger partial charge on any atom is -0.414 e. The highest BCUT2D eigenvalue weighted by atomic mass is 32.2. The minimum absolute atomic E-state index is 0.126. The molecule has 0 spiro atoms. The monoisotopic (exact) mass is 694 g/mol. The van der Waals surface area contributed by atoms with Crippen LogP contribution in [0.4, 0.5) is 0 Å². The van der Waals surface area contributed by atoms with E-state index in [2.05, 4.69) is 69.2 Å². The highest BCUT2D eigenvalue weighted by molar-refractivity contribution is 7.86. The third-order valence-corrected chi connectivity index (χ3v) is 24.0. The lowest BCUT2D eigenvalue weighted by atomic mass is 9.60. The van der Waals surface area contributed by atoms with Gasteiger partial charge in [-0.15, -0.1) is 0 Å². The van der Waals surface area contributed by atoms with Crippen LogP contribution < -0.4 is 0 Å². The van der Waals surface area contributed by atoms with Crippen molar-refractivity contribution in [3.8, 4) is 0 Å². The average molecular weight is 695 g/mol. The highest BCUT2D eigenvalue weighted by Gasteiger charge is 2.55. The third-order valence-electron chi connectivity index (χ3n) is 13.1. The van der Waals surface area contributed by atoms with Crippen LogP contribution in [-0.4, -0.2) is 43.4 Å². The van der Waals surface area contributed by atoms with E-state index < -0.39 is 26.8 Å². The molecule has 0 bridgehead atoms. The van der Waals surface area contributed by atoms with Gasteiger partial charge in [0, 0.05) is 6.10 Å². The van der Waals surface area contributed by atoms with Crippen molar-refractivity contribution in [1.82, 2.24) is 0 Å². The molecule has 0 amide bonds. The molecule has 0 aliphatic heterocycles. The summed E-state index contributed by atoms with van der Waals surface area (Å²) >= 11 is 0. The van der Waals surface area contributed by atoms with Gasteiger partial charge < -0.3 is 8.85 Å². The summed E-state index contributed by atoms with van der Waals surface area (Å²) in [6.45, 7) is 25.5. The number of benzene rings is 1. The first kappa shape index (κ1) is 39.9. The predicted molar refractivity (Wildman–Crippen MR) is 199 cm³/mol. The van der Waals surface area contributed by atoms with Gasteiger partial charge in [0.25, 0.3) is 10.1 Å². The minimum atomic E-state index is -3.84. The molecule has 2 saturated carbocycles.